The second kappa shape index (κ2) is 10.3. The van der Waals surface area contributed by atoms with Crippen molar-refractivity contribution in [2.45, 2.75) is 45.4 Å². The first-order valence-corrected chi connectivity index (χ1v) is 7.81. The van der Waals surface area contributed by atoms with Crippen molar-refractivity contribution in [3.63, 3.8) is 0 Å². The van der Waals surface area contributed by atoms with E-state index < -0.39 is 11.0 Å². The Balaban J connectivity index is 2.25. The summed E-state index contributed by atoms with van der Waals surface area (Å²) < 4.78 is 5.00. The molecule has 0 spiro atoms. The van der Waals surface area contributed by atoms with Gasteiger partial charge in [-0.25, -0.2) is 4.79 Å². The molecular formula is C16H23N3O4. The first-order valence-electron chi connectivity index (χ1n) is 7.81. The molecule has 0 heterocycles. The number of alkyl carbamates (subject to hydrolysis) is 1. The molecule has 0 radical (unpaired) electrons. The average molecular weight is 321 g/mol. The summed E-state index contributed by atoms with van der Waals surface area (Å²) in [5, 5.41) is 20.6. The largest absolute Gasteiger partial charge is 0.449 e. The van der Waals surface area contributed by atoms with Gasteiger partial charge in [0.05, 0.1) is 11.5 Å². The maximum Gasteiger partial charge on any atom is 0.412 e. The van der Waals surface area contributed by atoms with Gasteiger partial charge in [0.15, 0.2) is 0 Å². The van der Waals surface area contributed by atoms with E-state index in [-0.39, 0.29) is 11.5 Å². The molecule has 1 aromatic rings. The number of carbonyl (C=O) groups excluding carboxylic acids is 1. The monoisotopic (exact) mass is 321 g/mol. The average Bonchev–Trinajstić information content (AvgIpc) is 2.54. The number of nitrogens with zero attached hydrogens (tertiary/aromatic N) is 1. The second-order valence-electron chi connectivity index (χ2n) is 5.21. The minimum atomic E-state index is -0.679. The number of benzene rings is 1. The minimum absolute atomic E-state index is 0.0628. The summed E-state index contributed by atoms with van der Waals surface area (Å²) in [4.78, 5) is 21.6. The van der Waals surface area contributed by atoms with Crippen LogP contribution in [0.3, 0.4) is 0 Å². The molecule has 2 N–H and O–H groups in total. The molecule has 0 unspecified atom stereocenters. The number of hydrogen-bond donors (Lipinski definition) is 2. The Morgan fingerprint density at radius 1 is 1.17 bits per heavy atom. The van der Waals surface area contributed by atoms with Crippen LogP contribution in [0.1, 0.15) is 51.0 Å². The van der Waals surface area contributed by atoms with Crippen LogP contribution in [0.2, 0.25) is 0 Å². The van der Waals surface area contributed by atoms with Gasteiger partial charge in [-0.2, -0.15) is 0 Å². The third-order valence-electron chi connectivity index (χ3n) is 3.32. The molecule has 0 atom stereocenters. The minimum Gasteiger partial charge on any atom is -0.449 e. The van der Waals surface area contributed by atoms with E-state index in [1.807, 2.05) is 0 Å². The molecule has 0 saturated carbocycles. The van der Waals surface area contributed by atoms with Crippen LogP contribution in [0.15, 0.2) is 24.3 Å². The number of amidine groups is 1. The van der Waals surface area contributed by atoms with Crippen molar-refractivity contribution in [2.24, 2.45) is 0 Å². The van der Waals surface area contributed by atoms with Crippen LogP contribution in [-0.4, -0.2) is 23.5 Å². The van der Waals surface area contributed by atoms with Crippen molar-refractivity contribution in [3.8, 4) is 0 Å². The zero-order valence-corrected chi connectivity index (χ0v) is 13.3. The molecule has 0 saturated heterocycles. The smallest absolute Gasteiger partial charge is 0.412 e. The number of unbranched alkanes of at least 4 members (excludes halogenated alkanes) is 5. The van der Waals surface area contributed by atoms with E-state index in [1.165, 1.54) is 43.5 Å². The van der Waals surface area contributed by atoms with Crippen molar-refractivity contribution >= 4 is 17.6 Å². The summed E-state index contributed by atoms with van der Waals surface area (Å²) in [5.74, 6) is -0.146. The molecule has 0 bridgehead atoms. The summed E-state index contributed by atoms with van der Waals surface area (Å²) in [6.45, 7) is 2.48. The van der Waals surface area contributed by atoms with Crippen LogP contribution in [0.25, 0.3) is 0 Å². The normalized spacial score (nSPS) is 10.1. The number of non-ortho nitro benzene ring substituents is 1. The number of carbonyl (C=O) groups is 1. The fourth-order valence-corrected chi connectivity index (χ4v) is 2.01. The zero-order valence-electron chi connectivity index (χ0n) is 13.3. The Morgan fingerprint density at radius 3 is 2.39 bits per heavy atom. The maximum atomic E-state index is 11.6. The number of hydrogen-bond acceptors (Lipinski definition) is 5. The highest BCUT2D eigenvalue weighted by Crippen LogP contribution is 2.11. The molecule has 7 heteroatoms. The SMILES string of the molecule is CCCCCCCCOC(=O)NC(=N)c1ccc([N+](=O)[O-])cc1. The summed E-state index contributed by atoms with van der Waals surface area (Å²) >= 11 is 0. The van der Waals surface area contributed by atoms with Gasteiger partial charge in [0.25, 0.3) is 5.69 Å². The molecule has 1 amide bonds. The van der Waals surface area contributed by atoms with Gasteiger partial charge in [-0.05, 0) is 18.6 Å². The van der Waals surface area contributed by atoms with Gasteiger partial charge in [0, 0.05) is 17.7 Å². The molecule has 0 fully saturated rings. The number of rotatable bonds is 9. The third-order valence-corrected chi connectivity index (χ3v) is 3.32. The molecule has 0 aliphatic rings. The van der Waals surface area contributed by atoms with Crippen LogP contribution in [0.4, 0.5) is 10.5 Å². The second-order valence-corrected chi connectivity index (χ2v) is 5.21. The number of amides is 1. The molecule has 7 nitrogen and oxygen atoms in total. The molecule has 0 aliphatic carbocycles. The van der Waals surface area contributed by atoms with Gasteiger partial charge in [-0.15, -0.1) is 0 Å². The van der Waals surface area contributed by atoms with E-state index in [2.05, 4.69) is 12.2 Å². The van der Waals surface area contributed by atoms with Gasteiger partial charge >= 0.3 is 6.09 Å². The lowest BCUT2D eigenvalue weighted by molar-refractivity contribution is -0.384. The van der Waals surface area contributed by atoms with Crippen molar-refractivity contribution in [2.75, 3.05) is 6.61 Å². The topological polar surface area (TPSA) is 105 Å². The number of ether oxygens (including phenoxy) is 1. The molecule has 1 aromatic carbocycles. The summed E-state index contributed by atoms with van der Waals surface area (Å²) in [7, 11) is 0. The van der Waals surface area contributed by atoms with Crippen molar-refractivity contribution < 1.29 is 14.5 Å². The predicted octanol–water partition coefficient (Wildman–Crippen LogP) is 4.01. The Hall–Kier alpha value is -2.44. The van der Waals surface area contributed by atoms with Crippen molar-refractivity contribution in [1.82, 2.24) is 5.32 Å². The van der Waals surface area contributed by atoms with Crippen LogP contribution in [0.5, 0.6) is 0 Å². The Bertz CT molecular complexity index is 529. The van der Waals surface area contributed by atoms with E-state index >= 15 is 0 Å². The van der Waals surface area contributed by atoms with Gasteiger partial charge in [0.1, 0.15) is 5.84 Å². The van der Waals surface area contributed by atoms with Crippen LogP contribution < -0.4 is 5.32 Å². The number of nitro groups is 1. The Morgan fingerprint density at radius 2 is 1.78 bits per heavy atom. The molecule has 1 rings (SSSR count). The number of nitro benzene ring substituents is 1. The summed E-state index contributed by atoms with van der Waals surface area (Å²) in [5.41, 5.74) is 0.319. The highest BCUT2D eigenvalue weighted by Gasteiger charge is 2.10. The lowest BCUT2D eigenvalue weighted by atomic mass is 10.1. The Labute approximate surface area is 135 Å². The number of nitrogens with one attached hydrogen (secondary N) is 2. The predicted molar refractivity (Wildman–Crippen MR) is 87.8 cm³/mol. The van der Waals surface area contributed by atoms with Gasteiger partial charge < -0.3 is 4.74 Å². The van der Waals surface area contributed by atoms with Crippen molar-refractivity contribution in [3.05, 3.63) is 39.9 Å². The molecule has 0 aromatic heterocycles. The van der Waals surface area contributed by atoms with Gasteiger partial charge in [-0.1, -0.05) is 39.0 Å². The first-order chi connectivity index (χ1) is 11.0. The third kappa shape index (κ3) is 7.39. The van der Waals surface area contributed by atoms with E-state index in [4.69, 9.17) is 10.1 Å². The van der Waals surface area contributed by atoms with Crippen LogP contribution in [0, 0.1) is 15.5 Å². The lowest BCUT2D eigenvalue weighted by Crippen LogP contribution is -2.31. The fraction of sp³-hybridized carbons (Fsp3) is 0.500. The van der Waals surface area contributed by atoms with E-state index in [1.54, 1.807) is 0 Å². The summed E-state index contributed by atoms with van der Waals surface area (Å²) in [6, 6.07) is 5.39. The summed E-state index contributed by atoms with van der Waals surface area (Å²) in [6.07, 6.45) is 5.92. The van der Waals surface area contributed by atoms with E-state index in [0.29, 0.717) is 12.2 Å². The first kappa shape index (κ1) is 18.6. The van der Waals surface area contributed by atoms with E-state index in [9.17, 15) is 14.9 Å². The molecule has 126 valence electrons. The van der Waals surface area contributed by atoms with Gasteiger partial charge in [0.2, 0.25) is 0 Å². The van der Waals surface area contributed by atoms with Crippen LogP contribution in [-0.2, 0) is 4.74 Å². The van der Waals surface area contributed by atoms with E-state index in [0.717, 1.165) is 19.3 Å². The quantitative estimate of drug-likeness (QED) is 0.236. The molecule has 0 aliphatic heterocycles. The van der Waals surface area contributed by atoms with Crippen molar-refractivity contribution in [1.29, 1.82) is 5.41 Å². The highest BCUT2D eigenvalue weighted by molar-refractivity contribution is 6.04. The lowest BCUT2D eigenvalue weighted by Gasteiger charge is -2.08. The molecule has 23 heavy (non-hydrogen) atoms. The van der Waals surface area contributed by atoms with Gasteiger partial charge in [-0.3, -0.25) is 20.8 Å². The molecular weight excluding hydrogens is 298 g/mol. The Kier molecular flexibility index (Phi) is 8.34. The van der Waals surface area contributed by atoms with Crippen LogP contribution >= 0.6 is 0 Å². The zero-order chi connectivity index (χ0) is 17.1. The fourth-order valence-electron chi connectivity index (χ4n) is 2.01. The maximum absolute atomic E-state index is 11.6. The standard InChI is InChI=1S/C16H23N3O4/c1-2-3-4-5-6-7-12-23-16(20)18-15(17)13-8-10-14(11-9-13)19(21)22/h8-11H,2-7,12H2,1H3,(H2,17,18,20). The highest BCUT2D eigenvalue weighted by atomic mass is 16.6.